The van der Waals surface area contributed by atoms with Crippen molar-refractivity contribution < 1.29 is 4.74 Å². The zero-order chi connectivity index (χ0) is 20.5. The molecule has 2 heterocycles. The highest BCUT2D eigenvalue weighted by Gasteiger charge is 2.14. The maximum absolute atomic E-state index is 6.11. The van der Waals surface area contributed by atoms with Gasteiger partial charge >= 0.3 is 0 Å². The summed E-state index contributed by atoms with van der Waals surface area (Å²) in [6.45, 7) is 7.35. The Bertz CT molecular complexity index is 780. The van der Waals surface area contributed by atoms with E-state index in [2.05, 4.69) is 40.3 Å². The molecule has 0 spiro atoms. The number of halogens is 1. The van der Waals surface area contributed by atoms with E-state index >= 15 is 0 Å². The molecule has 0 bridgehead atoms. The van der Waals surface area contributed by atoms with Crippen molar-refractivity contribution >= 4 is 29.4 Å². The molecule has 0 aliphatic carbocycles. The van der Waals surface area contributed by atoms with Crippen LogP contribution in [0.2, 0.25) is 5.02 Å². The lowest BCUT2D eigenvalue weighted by atomic mass is 9.98. The molecule has 1 atom stereocenters. The summed E-state index contributed by atoms with van der Waals surface area (Å²) in [5.74, 6) is 3.77. The smallest absolute Gasteiger partial charge is 0.119 e. The summed E-state index contributed by atoms with van der Waals surface area (Å²) in [4.78, 5) is 6.77. The van der Waals surface area contributed by atoms with Crippen molar-refractivity contribution in [3.8, 4) is 17.0 Å². The van der Waals surface area contributed by atoms with Crippen molar-refractivity contribution in [3.05, 3.63) is 47.6 Å². The number of hydrogen-bond acceptors (Lipinski definition) is 5. The minimum atomic E-state index is 0.592. The highest BCUT2D eigenvalue weighted by atomic mass is 35.5. The van der Waals surface area contributed by atoms with Crippen molar-refractivity contribution in [2.24, 2.45) is 10.3 Å². The zero-order valence-corrected chi connectivity index (χ0v) is 18.9. The van der Waals surface area contributed by atoms with Gasteiger partial charge in [-0.05, 0) is 80.5 Å². The molecule has 0 radical (unpaired) electrons. The molecular formula is C23H30ClN3OS. The first-order chi connectivity index (χ1) is 14.2. The number of amidine groups is 1. The Morgan fingerprint density at radius 1 is 1.17 bits per heavy atom. The molecule has 29 heavy (non-hydrogen) atoms. The summed E-state index contributed by atoms with van der Waals surface area (Å²) in [5.41, 5.74) is 1.98. The Hall–Kier alpha value is -1.72. The van der Waals surface area contributed by atoms with Gasteiger partial charge in [-0.25, -0.2) is 4.40 Å². The van der Waals surface area contributed by atoms with E-state index in [4.69, 9.17) is 16.3 Å². The van der Waals surface area contributed by atoms with Crippen LogP contribution in [0.4, 0.5) is 0 Å². The van der Waals surface area contributed by atoms with E-state index in [0.717, 1.165) is 42.5 Å². The molecule has 0 saturated carbocycles. The molecule has 2 aromatic rings. The van der Waals surface area contributed by atoms with Gasteiger partial charge in [-0.15, -0.1) is 0 Å². The first-order valence-electron chi connectivity index (χ1n) is 10.4. The van der Waals surface area contributed by atoms with Gasteiger partial charge in [0.2, 0.25) is 0 Å². The fourth-order valence-electron chi connectivity index (χ4n) is 3.56. The lowest BCUT2D eigenvalue weighted by Gasteiger charge is -2.27. The second-order valence-electron chi connectivity index (χ2n) is 7.45. The Morgan fingerprint density at radius 3 is 2.69 bits per heavy atom. The standard InChI is InChI=1S/C23H30ClN3OS/c1-3-5-19(6-4-13-27-14-15-29-26-18(27)2)17-28-22-10-7-20(8-11-22)23-12-9-21(24)16-25-23/h7-12,16,19H,3-6,13-15,17H2,1-2H3. The van der Waals surface area contributed by atoms with Crippen molar-refractivity contribution in [3.63, 3.8) is 0 Å². The number of pyridine rings is 1. The predicted molar refractivity (Wildman–Crippen MR) is 125 cm³/mol. The zero-order valence-electron chi connectivity index (χ0n) is 17.3. The van der Waals surface area contributed by atoms with Crippen LogP contribution in [0.5, 0.6) is 5.75 Å². The lowest BCUT2D eigenvalue weighted by Crippen LogP contribution is -2.34. The quantitative estimate of drug-likeness (QED) is 0.410. The van der Waals surface area contributed by atoms with Gasteiger partial charge in [0.05, 0.1) is 17.3 Å². The molecule has 1 unspecified atom stereocenters. The maximum Gasteiger partial charge on any atom is 0.119 e. The molecule has 0 fully saturated rings. The van der Waals surface area contributed by atoms with Gasteiger partial charge in [-0.3, -0.25) is 4.98 Å². The van der Waals surface area contributed by atoms with Crippen LogP contribution in [-0.2, 0) is 0 Å². The third kappa shape index (κ3) is 6.93. The average Bonchev–Trinajstić information content (AvgIpc) is 2.74. The fourth-order valence-corrected chi connectivity index (χ4v) is 4.36. The number of aromatic nitrogens is 1. The van der Waals surface area contributed by atoms with Crippen LogP contribution >= 0.6 is 23.5 Å². The largest absolute Gasteiger partial charge is 0.493 e. The van der Waals surface area contributed by atoms with Crippen molar-refractivity contribution in [1.29, 1.82) is 0 Å². The highest BCUT2D eigenvalue weighted by molar-refractivity contribution is 7.98. The maximum atomic E-state index is 6.11. The molecule has 4 nitrogen and oxygen atoms in total. The highest BCUT2D eigenvalue weighted by Crippen LogP contribution is 2.23. The van der Waals surface area contributed by atoms with Gasteiger partial charge in [0.15, 0.2) is 0 Å². The summed E-state index contributed by atoms with van der Waals surface area (Å²) < 4.78 is 10.6. The molecule has 0 amide bonds. The van der Waals surface area contributed by atoms with Gasteiger partial charge in [0.1, 0.15) is 11.6 Å². The molecule has 1 aromatic heterocycles. The second kappa shape index (κ2) is 11.5. The fraction of sp³-hybridized carbons (Fsp3) is 0.478. The van der Waals surface area contributed by atoms with Crippen LogP contribution in [0, 0.1) is 5.92 Å². The summed E-state index contributed by atoms with van der Waals surface area (Å²) in [6, 6.07) is 12.0. The van der Waals surface area contributed by atoms with E-state index in [1.807, 2.05) is 24.3 Å². The van der Waals surface area contributed by atoms with Crippen LogP contribution < -0.4 is 4.74 Å². The molecule has 156 valence electrons. The monoisotopic (exact) mass is 431 g/mol. The van der Waals surface area contributed by atoms with Crippen LogP contribution in [0.15, 0.2) is 47.0 Å². The van der Waals surface area contributed by atoms with Gasteiger partial charge in [-0.1, -0.05) is 24.9 Å². The SMILES string of the molecule is CCCC(CCCN1CCSN=C1C)COc1ccc(-c2ccc(Cl)cn2)cc1. The van der Waals surface area contributed by atoms with Crippen molar-refractivity contribution in [2.45, 2.75) is 39.5 Å². The normalized spacial score (nSPS) is 15.1. The Kier molecular flexibility index (Phi) is 8.69. The molecule has 1 aromatic carbocycles. The van der Waals surface area contributed by atoms with Crippen molar-refractivity contribution in [1.82, 2.24) is 9.88 Å². The molecule has 0 N–H and O–H groups in total. The summed E-state index contributed by atoms with van der Waals surface area (Å²) in [7, 11) is 0. The number of ether oxygens (including phenoxy) is 1. The van der Waals surface area contributed by atoms with Crippen molar-refractivity contribution in [2.75, 3.05) is 25.4 Å². The van der Waals surface area contributed by atoms with Crippen LogP contribution in [0.3, 0.4) is 0 Å². The summed E-state index contributed by atoms with van der Waals surface area (Å²) in [5, 5.41) is 0.650. The van der Waals surface area contributed by atoms with Crippen LogP contribution in [0.1, 0.15) is 39.5 Å². The molecule has 6 heteroatoms. The number of nitrogens with zero attached hydrogens (tertiary/aromatic N) is 3. The van der Waals surface area contributed by atoms with E-state index in [-0.39, 0.29) is 0 Å². The molecule has 0 saturated heterocycles. The lowest BCUT2D eigenvalue weighted by molar-refractivity contribution is 0.224. The van der Waals surface area contributed by atoms with E-state index in [1.165, 1.54) is 31.5 Å². The van der Waals surface area contributed by atoms with E-state index in [9.17, 15) is 0 Å². The average molecular weight is 432 g/mol. The second-order valence-corrected chi connectivity index (χ2v) is 8.74. The predicted octanol–water partition coefficient (Wildman–Crippen LogP) is 6.36. The summed E-state index contributed by atoms with van der Waals surface area (Å²) >= 11 is 7.59. The third-order valence-corrected chi connectivity index (χ3v) is 6.19. The van der Waals surface area contributed by atoms with Crippen LogP contribution in [-0.4, -0.2) is 41.2 Å². The van der Waals surface area contributed by atoms with Gasteiger partial charge in [0, 0.05) is 30.6 Å². The van der Waals surface area contributed by atoms with Gasteiger partial charge < -0.3 is 9.64 Å². The Labute approximate surface area is 183 Å². The molecule has 1 aliphatic heterocycles. The van der Waals surface area contributed by atoms with E-state index in [0.29, 0.717) is 10.9 Å². The van der Waals surface area contributed by atoms with Gasteiger partial charge in [0.25, 0.3) is 0 Å². The Balaban J connectivity index is 1.47. The van der Waals surface area contributed by atoms with Gasteiger partial charge in [-0.2, -0.15) is 0 Å². The van der Waals surface area contributed by atoms with E-state index in [1.54, 1.807) is 18.1 Å². The topological polar surface area (TPSA) is 37.7 Å². The minimum Gasteiger partial charge on any atom is -0.493 e. The molecular weight excluding hydrogens is 402 g/mol. The third-order valence-electron chi connectivity index (χ3n) is 5.21. The Morgan fingerprint density at radius 2 is 2.00 bits per heavy atom. The first kappa shape index (κ1) is 22.0. The van der Waals surface area contributed by atoms with E-state index < -0.39 is 0 Å². The summed E-state index contributed by atoms with van der Waals surface area (Å²) in [6.07, 6.45) is 6.45. The number of hydrogen-bond donors (Lipinski definition) is 0. The van der Waals surface area contributed by atoms with Crippen LogP contribution in [0.25, 0.3) is 11.3 Å². The number of benzene rings is 1. The number of rotatable bonds is 10. The minimum absolute atomic E-state index is 0.592. The molecule has 3 rings (SSSR count). The first-order valence-corrected chi connectivity index (χ1v) is 11.7. The molecule has 1 aliphatic rings.